The summed E-state index contributed by atoms with van der Waals surface area (Å²) in [5.41, 5.74) is 3.23. The minimum absolute atomic E-state index is 0.0177. The van der Waals surface area contributed by atoms with Crippen molar-refractivity contribution in [3.63, 3.8) is 0 Å². The molecule has 6 rings (SSSR count). The van der Waals surface area contributed by atoms with Crippen molar-refractivity contribution in [2.45, 2.75) is 32.1 Å². The van der Waals surface area contributed by atoms with Crippen LogP contribution in [0.3, 0.4) is 0 Å². The molecule has 41 heavy (non-hydrogen) atoms. The van der Waals surface area contributed by atoms with Crippen LogP contribution in [0.4, 0.5) is 8.78 Å². The van der Waals surface area contributed by atoms with Crippen molar-refractivity contribution in [3.05, 3.63) is 112 Å². The molecule has 1 fully saturated rings. The zero-order valence-electron chi connectivity index (χ0n) is 21.7. The molecule has 0 unspecified atom stereocenters. The molecule has 10 heteroatoms. The highest BCUT2D eigenvalue weighted by molar-refractivity contribution is 6.30. The monoisotopic (exact) mass is 575 g/mol. The van der Waals surface area contributed by atoms with E-state index in [0.29, 0.717) is 53.1 Å². The summed E-state index contributed by atoms with van der Waals surface area (Å²) >= 11 is 5.83. The maximum absolute atomic E-state index is 15.5. The minimum Gasteiger partial charge on any atom is -0.478 e. The van der Waals surface area contributed by atoms with Crippen molar-refractivity contribution in [2.75, 3.05) is 6.61 Å². The van der Waals surface area contributed by atoms with Crippen LogP contribution in [0.25, 0.3) is 22.2 Å². The van der Waals surface area contributed by atoms with Crippen LogP contribution in [-0.2, 0) is 24.3 Å². The molecule has 208 valence electrons. The Morgan fingerprint density at radius 2 is 1.93 bits per heavy atom. The minimum atomic E-state index is -1.02. The Morgan fingerprint density at radius 3 is 2.66 bits per heavy atom. The first-order valence-corrected chi connectivity index (χ1v) is 13.4. The number of ether oxygens (including phenoxy) is 2. The third-order valence-corrected chi connectivity index (χ3v) is 7.33. The van der Waals surface area contributed by atoms with Gasteiger partial charge >= 0.3 is 5.97 Å². The van der Waals surface area contributed by atoms with Gasteiger partial charge in [0.25, 0.3) is 0 Å². The summed E-state index contributed by atoms with van der Waals surface area (Å²) in [6.07, 6.45) is 2.77. The molecule has 0 saturated carbocycles. The van der Waals surface area contributed by atoms with Gasteiger partial charge in [-0.2, -0.15) is 0 Å². The molecule has 0 bridgehead atoms. The number of carbonyl (C=O) groups is 1. The highest BCUT2D eigenvalue weighted by Crippen LogP contribution is 2.32. The predicted molar refractivity (Wildman–Crippen MR) is 149 cm³/mol. The first kappa shape index (κ1) is 26.9. The SMILES string of the molecule is O=C(O)c1ccc2nc(Cc3ccc(-c4cccnc4OCc4ccc(Cl)cc4F)c(F)c3)n(C[C@@H]3CCO3)c2c1. The van der Waals surface area contributed by atoms with E-state index in [1.54, 1.807) is 42.5 Å². The third-order valence-electron chi connectivity index (χ3n) is 7.09. The molecule has 1 aliphatic rings. The van der Waals surface area contributed by atoms with Crippen LogP contribution in [0.15, 0.2) is 72.9 Å². The second-order valence-corrected chi connectivity index (χ2v) is 10.2. The van der Waals surface area contributed by atoms with Crippen LogP contribution in [0.5, 0.6) is 5.88 Å². The number of aromatic carboxylic acids is 1. The highest BCUT2D eigenvalue weighted by atomic mass is 35.5. The van der Waals surface area contributed by atoms with E-state index in [-0.39, 0.29) is 34.7 Å². The summed E-state index contributed by atoms with van der Waals surface area (Å²) in [4.78, 5) is 20.5. The maximum Gasteiger partial charge on any atom is 0.335 e. The van der Waals surface area contributed by atoms with Crippen molar-refractivity contribution in [1.29, 1.82) is 0 Å². The van der Waals surface area contributed by atoms with E-state index in [0.717, 1.165) is 6.42 Å². The smallest absolute Gasteiger partial charge is 0.335 e. The average molecular weight is 576 g/mol. The molecule has 0 aliphatic carbocycles. The van der Waals surface area contributed by atoms with Gasteiger partial charge in [-0.3, -0.25) is 0 Å². The van der Waals surface area contributed by atoms with Crippen molar-refractivity contribution < 1.29 is 28.2 Å². The van der Waals surface area contributed by atoms with E-state index in [1.165, 1.54) is 30.5 Å². The van der Waals surface area contributed by atoms with Crippen LogP contribution in [0, 0.1) is 11.6 Å². The molecule has 0 amide bonds. The Kier molecular flexibility index (Phi) is 7.38. The molecule has 3 aromatic carbocycles. The number of aromatic nitrogens is 3. The first-order valence-electron chi connectivity index (χ1n) is 13.0. The summed E-state index contributed by atoms with van der Waals surface area (Å²) in [6, 6.07) is 17.4. The standard InChI is InChI=1S/C31H24ClF2N3O4/c32-21-6-4-20(25(33)15-21)17-41-30-24(2-1-10-35-30)23-7-3-18(12-26(23)34)13-29-36-27-8-5-19(31(38)39)14-28(27)37(29)16-22-9-11-40-22/h1-8,10,12,14-15,22H,9,11,13,16-17H2,(H,38,39)/t22-/m0/s1. The van der Waals surface area contributed by atoms with E-state index in [4.69, 9.17) is 26.1 Å². The van der Waals surface area contributed by atoms with Crippen LogP contribution in [0.1, 0.15) is 33.7 Å². The zero-order valence-corrected chi connectivity index (χ0v) is 22.4. The molecular weight excluding hydrogens is 552 g/mol. The van der Waals surface area contributed by atoms with Gasteiger partial charge in [-0.05, 0) is 60.5 Å². The predicted octanol–water partition coefficient (Wildman–Crippen LogP) is 6.69. The van der Waals surface area contributed by atoms with Crippen molar-refractivity contribution >= 4 is 28.6 Å². The van der Waals surface area contributed by atoms with Gasteiger partial charge in [0.1, 0.15) is 24.1 Å². The molecule has 3 heterocycles. The number of carboxylic acid groups (broad SMARTS) is 1. The van der Waals surface area contributed by atoms with E-state index in [9.17, 15) is 14.3 Å². The molecule has 2 aromatic heterocycles. The Hall–Kier alpha value is -4.34. The fourth-order valence-corrected chi connectivity index (χ4v) is 5.00. The number of fused-ring (bicyclic) bond motifs is 1. The van der Waals surface area contributed by atoms with Gasteiger partial charge in [0.05, 0.1) is 29.2 Å². The van der Waals surface area contributed by atoms with Gasteiger partial charge in [0.15, 0.2) is 0 Å². The highest BCUT2D eigenvalue weighted by Gasteiger charge is 2.23. The Labute approximate surface area is 239 Å². The molecule has 5 aromatic rings. The Balaban J connectivity index is 1.27. The lowest BCUT2D eigenvalue weighted by molar-refractivity contribution is -0.0589. The summed E-state index contributed by atoms with van der Waals surface area (Å²) in [6.45, 7) is 1.12. The fourth-order valence-electron chi connectivity index (χ4n) is 4.84. The van der Waals surface area contributed by atoms with Crippen molar-refractivity contribution in [3.8, 4) is 17.0 Å². The van der Waals surface area contributed by atoms with Crippen molar-refractivity contribution in [2.24, 2.45) is 0 Å². The van der Waals surface area contributed by atoms with Gasteiger partial charge in [-0.15, -0.1) is 0 Å². The Bertz CT molecular complexity index is 1770. The number of hydrogen-bond donors (Lipinski definition) is 1. The van der Waals surface area contributed by atoms with E-state index >= 15 is 4.39 Å². The van der Waals surface area contributed by atoms with Crippen molar-refractivity contribution in [1.82, 2.24) is 14.5 Å². The summed E-state index contributed by atoms with van der Waals surface area (Å²) in [7, 11) is 0. The first-order chi connectivity index (χ1) is 19.9. The number of nitrogens with zero attached hydrogens (tertiary/aromatic N) is 3. The van der Waals surface area contributed by atoms with Gasteiger partial charge in [-0.25, -0.2) is 23.5 Å². The lowest BCUT2D eigenvalue weighted by Gasteiger charge is -2.27. The molecule has 1 saturated heterocycles. The summed E-state index contributed by atoms with van der Waals surface area (Å²) in [5, 5.41) is 9.75. The number of pyridine rings is 1. The number of imidazole rings is 1. The van der Waals surface area contributed by atoms with Crippen LogP contribution in [0.2, 0.25) is 5.02 Å². The van der Waals surface area contributed by atoms with Crippen LogP contribution in [-0.4, -0.2) is 38.3 Å². The molecular formula is C31H24ClF2N3O4. The molecule has 1 aliphatic heterocycles. The summed E-state index contributed by atoms with van der Waals surface area (Å²) < 4.78 is 43.1. The molecule has 0 spiro atoms. The number of hydrogen-bond acceptors (Lipinski definition) is 5. The molecule has 0 radical (unpaired) electrons. The van der Waals surface area contributed by atoms with Gasteiger partial charge in [0.2, 0.25) is 5.88 Å². The lowest BCUT2D eigenvalue weighted by Crippen LogP contribution is -2.31. The topological polar surface area (TPSA) is 86.5 Å². The van der Waals surface area contributed by atoms with Crippen LogP contribution < -0.4 is 4.74 Å². The van der Waals surface area contributed by atoms with E-state index in [1.807, 2.05) is 4.57 Å². The maximum atomic E-state index is 15.5. The molecule has 7 nitrogen and oxygen atoms in total. The molecule has 1 N–H and O–H groups in total. The van der Waals surface area contributed by atoms with E-state index in [2.05, 4.69) is 4.98 Å². The number of halogens is 3. The largest absolute Gasteiger partial charge is 0.478 e. The second-order valence-electron chi connectivity index (χ2n) is 9.80. The van der Waals surface area contributed by atoms with Crippen LogP contribution >= 0.6 is 11.6 Å². The normalized spacial score (nSPS) is 14.7. The lowest BCUT2D eigenvalue weighted by atomic mass is 10.0. The van der Waals surface area contributed by atoms with Gasteiger partial charge in [0, 0.05) is 40.9 Å². The number of rotatable bonds is 9. The summed E-state index contributed by atoms with van der Waals surface area (Å²) in [5.74, 6) is -1.14. The third kappa shape index (κ3) is 5.64. The van der Waals surface area contributed by atoms with Gasteiger partial charge < -0.3 is 19.1 Å². The number of benzene rings is 3. The second kappa shape index (κ2) is 11.3. The number of carboxylic acids is 1. The van der Waals surface area contributed by atoms with Gasteiger partial charge in [-0.1, -0.05) is 29.8 Å². The van der Waals surface area contributed by atoms with E-state index < -0.39 is 17.6 Å². The Morgan fingerprint density at radius 1 is 1.07 bits per heavy atom. The molecule has 1 atom stereocenters. The zero-order chi connectivity index (χ0) is 28.5. The fraction of sp³-hybridized carbons (Fsp3) is 0.194. The average Bonchev–Trinajstić information content (AvgIpc) is 3.26. The quantitative estimate of drug-likeness (QED) is 0.211.